The summed E-state index contributed by atoms with van der Waals surface area (Å²) in [5.74, 6) is 0.0490. The van der Waals surface area contributed by atoms with Crippen molar-refractivity contribution < 1.29 is 31.8 Å². The Labute approximate surface area is 196 Å². The fourth-order valence-electron chi connectivity index (χ4n) is 2.26. The van der Waals surface area contributed by atoms with E-state index in [2.05, 4.69) is 72.0 Å². The molecule has 0 unspecified atom stereocenters. The molecule has 0 saturated carbocycles. The first-order chi connectivity index (χ1) is 12.4. The Hall–Kier alpha value is -0.170. The van der Waals surface area contributed by atoms with E-state index in [0.717, 1.165) is 9.15 Å². The lowest BCUT2D eigenvalue weighted by atomic mass is 9.97. The second-order valence-corrected chi connectivity index (χ2v) is 13.5. The number of carboxylic acid groups (broad SMARTS) is 1. The molecule has 4 N–H and O–H groups in total. The summed E-state index contributed by atoms with van der Waals surface area (Å²) >= 11 is 6.58. The third kappa shape index (κ3) is 6.98. The molecular formula is C15H14I3NO7S. The highest BCUT2D eigenvalue weighted by molar-refractivity contribution is 14.2. The molecule has 148 valence electrons. The van der Waals surface area contributed by atoms with E-state index in [1.165, 1.54) is 24.3 Å². The first-order valence-electron chi connectivity index (χ1n) is 7.28. The van der Waals surface area contributed by atoms with E-state index in [4.69, 9.17) is 20.1 Å². The van der Waals surface area contributed by atoms with E-state index < -0.39 is 23.8 Å². The number of aliphatic carboxylic acids is 1. The maximum Gasteiger partial charge on any atom is 0.446 e. The number of hydrogen-bond acceptors (Lipinski definition) is 6. The third-order valence-electron chi connectivity index (χ3n) is 3.37. The summed E-state index contributed by atoms with van der Waals surface area (Å²) in [6, 6.07) is 4.78. The minimum atomic E-state index is -4.58. The van der Waals surface area contributed by atoms with Crippen LogP contribution in [-0.4, -0.2) is 31.5 Å². The van der Waals surface area contributed by atoms with Gasteiger partial charge in [-0.05, 0) is 65.8 Å². The molecule has 1 aliphatic rings. The van der Waals surface area contributed by atoms with Crippen LogP contribution in [0.15, 0.2) is 45.3 Å². The van der Waals surface area contributed by atoms with E-state index in [-0.39, 0.29) is 12.2 Å². The van der Waals surface area contributed by atoms with Gasteiger partial charge in [-0.1, -0.05) is 50.8 Å². The number of halogens is 3. The Morgan fingerprint density at radius 1 is 1.26 bits per heavy atom. The molecule has 0 radical (unpaired) electrons. The number of hydrogen-bond donors (Lipinski definition) is 3. The SMILES string of the molecule is N[C@@H](CC1=CC(I)=C(Oc2ccc(OS(=O)(=O)O)cc2)C(I)(I)C1)C(=O)O. The van der Waals surface area contributed by atoms with Crippen LogP contribution in [0.2, 0.25) is 0 Å². The van der Waals surface area contributed by atoms with Gasteiger partial charge in [0, 0.05) is 0 Å². The molecule has 27 heavy (non-hydrogen) atoms. The third-order valence-corrected chi connectivity index (χ3v) is 6.32. The van der Waals surface area contributed by atoms with Crippen LogP contribution in [0, 0.1) is 0 Å². The first-order valence-corrected chi connectivity index (χ1v) is 11.9. The summed E-state index contributed by atoms with van der Waals surface area (Å²) in [5.41, 5.74) is 6.55. The second-order valence-electron chi connectivity index (χ2n) is 5.59. The van der Waals surface area contributed by atoms with Gasteiger partial charge in [-0.15, -0.1) is 0 Å². The number of carbonyl (C=O) groups is 1. The number of nitrogens with two attached hydrogens (primary N) is 1. The van der Waals surface area contributed by atoms with Crippen molar-refractivity contribution in [3.63, 3.8) is 0 Å². The summed E-state index contributed by atoms with van der Waals surface area (Å²) in [5, 5.41) is 8.99. The topological polar surface area (TPSA) is 136 Å². The number of ether oxygens (including phenoxy) is 1. The zero-order valence-electron chi connectivity index (χ0n) is 13.4. The number of allylic oxidation sites excluding steroid dienone is 3. The molecule has 1 aromatic rings. The lowest BCUT2D eigenvalue weighted by Gasteiger charge is -2.30. The van der Waals surface area contributed by atoms with Crippen molar-refractivity contribution in [2.45, 2.75) is 20.3 Å². The molecule has 0 saturated heterocycles. The summed E-state index contributed by atoms with van der Waals surface area (Å²) in [6.07, 6.45) is 2.69. The molecule has 12 heteroatoms. The van der Waals surface area contributed by atoms with Crippen molar-refractivity contribution in [1.82, 2.24) is 0 Å². The molecule has 2 rings (SSSR count). The molecular weight excluding hydrogens is 719 g/mol. The summed E-state index contributed by atoms with van der Waals surface area (Å²) in [6.45, 7) is 0. The lowest BCUT2D eigenvalue weighted by Crippen LogP contribution is -2.32. The molecule has 0 amide bonds. The van der Waals surface area contributed by atoms with E-state index in [1.807, 2.05) is 6.08 Å². The Morgan fingerprint density at radius 2 is 1.81 bits per heavy atom. The van der Waals surface area contributed by atoms with Gasteiger partial charge in [0.1, 0.15) is 24.7 Å². The van der Waals surface area contributed by atoms with Crippen LogP contribution in [0.1, 0.15) is 12.8 Å². The van der Waals surface area contributed by atoms with Crippen molar-refractivity contribution in [3.05, 3.63) is 45.3 Å². The van der Waals surface area contributed by atoms with Crippen molar-refractivity contribution in [2.75, 3.05) is 0 Å². The van der Waals surface area contributed by atoms with Crippen molar-refractivity contribution in [3.8, 4) is 11.5 Å². The Balaban J connectivity index is 2.21. The maximum atomic E-state index is 11.0. The highest BCUT2D eigenvalue weighted by atomic mass is 127. The highest BCUT2D eigenvalue weighted by Crippen LogP contribution is 2.48. The van der Waals surface area contributed by atoms with E-state index >= 15 is 0 Å². The van der Waals surface area contributed by atoms with E-state index in [1.54, 1.807) is 0 Å². The van der Waals surface area contributed by atoms with Gasteiger partial charge in [0.05, 0.1) is 3.58 Å². The molecule has 0 aliphatic heterocycles. The quantitative estimate of drug-likeness (QED) is 0.220. The normalized spacial score (nSPS) is 17.9. The highest BCUT2D eigenvalue weighted by Gasteiger charge is 2.37. The Kier molecular flexibility index (Phi) is 7.79. The van der Waals surface area contributed by atoms with E-state index in [9.17, 15) is 13.2 Å². The minimum Gasteiger partial charge on any atom is -0.480 e. The van der Waals surface area contributed by atoms with Crippen LogP contribution < -0.4 is 14.7 Å². The van der Waals surface area contributed by atoms with Gasteiger partial charge in [0.25, 0.3) is 0 Å². The molecule has 0 spiro atoms. The largest absolute Gasteiger partial charge is 0.480 e. The lowest BCUT2D eigenvalue weighted by molar-refractivity contribution is -0.138. The van der Waals surface area contributed by atoms with Gasteiger partial charge in [-0.3, -0.25) is 9.35 Å². The Bertz CT molecular complexity index is 894. The molecule has 0 heterocycles. The number of rotatable bonds is 7. The second kappa shape index (κ2) is 9.10. The van der Waals surface area contributed by atoms with Crippen molar-refractivity contribution >= 4 is 84.1 Å². The summed E-state index contributed by atoms with van der Waals surface area (Å²) < 4.78 is 40.8. The minimum absolute atomic E-state index is 0.0442. The first kappa shape index (κ1) is 23.1. The van der Waals surface area contributed by atoms with Crippen LogP contribution in [0.5, 0.6) is 11.5 Å². The van der Waals surface area contributed by atoms with Gasteiger partial charge in [-0.25, -0.2) is 0 Å². The average molecular weight is 733 g/mol. The van der Waals surface area contributed by atoms with Crippen molar-refractivity contribution in [2.24, 2.45) is 5.73 Å². The van der Waals surface area contributed by atoms with E-state index in [0.29, 0.717) is 17.9 Å². The molecule has 8 nitrogen and oxygen atoms in total. The predicted octanol–water partition coefficient (Wildman–Crippen LogP) is 3.59. The number of carboxylic acids is 1. The Morgan fingerprint density at radius 3 is 2.30 bits per heavy atom. The fourth-order valence-corrected chi connectivity index (χ4v) is 6.44. The van der Waals surface area contributed by atoms with Crippen LogP contribution in [0.4, 0.5) is 0 Å². The maximum absolute atomic E-state index is 11.0. The zero-order chi connectivity index (χ0) is 20.4. The molecule has 1 aromatic carbocycles. The van der Waals surface area contributed by atoms with Gasteiger partial charge in [0.15, 0.2) is 0 Å². The smallest absolute Gasteiger partial charge is 0.446 e. The number of alkyl halides is 2. The van der Waals surface area contributed by atoms with Crippen LogP contribution in [0.25, 0.3) is 0 Å². The number of benzene rings is 1. The van der Waals surface area contributed by atoms with Crippen molar-refractivity contribution in [1.29, 1.82) is 0 Å². The average Bonchev–Trinajstić information content (AvgIpc) is 2.50. The fraction of sp³-hybridized carbons (Fsp3) is 0.267. The molecule has 1 atom stereocenters. The summed E-state index contributed by atoms with van der Waals surface area (Å²) in [4.78, 5) is 11.0. The molecule has 0 bridgehead atoms. The van der Waals surface area contributed by atoms with Gasteiger partial charge in [0.2, 0.25) is 0 Å². The van der Waals surface area contributed by atoms with Crippen LogP contribution in [0.3, 0.4) is 0 Å². The van der Waals surface area contributed by atoms with Gasteiger partial charge >= 0.3 is 16.4 Å². The molecule has 0 aromatic heterocycles. The predicted molar refractivity (Wildman–Crippen MR) is 124 cm³/mol. The zero-order valence-corrected chi connectivity index (χ0v) is 20.7. The van der Waals surface area contributed by atoms with Crippen LogP contribution >= 0.6 is 67.8 Å². The van der Waals surface area contributed by atoms with Gasteiger partial charge in [-0.2, -0.15) is 8.42 Å². The standard InChI is InChI=1S/C15H14I3NO7S/c16-11-5-8(6-12(19)14(20)21)7-15(17,18)13(11)25-9-1-3-10(4-2-9)26-27(22,23)24/h1-5,12H,6-7,19H2,(H,20,21)(H,22,23,24)/t12-/m0/s1. The molecule has 0 fully saturated rings. The van der Waals surface area contributed by atoms with Crippen LogP contribution in [-0.2, 0) is 15.2 Å². The monoisotopic (exact) mass is 733 g/mol. The summed E-state index contributed by atoms with van der Waals surface area (Å²) in [7, 11) is -4.58. The van der Waals surface area contributed by atoms with Gasteiger partial charge < -0.3 is 19.8 Å². The molecule has 1 aliphatic carbocycles.